The van der Waals surface area contributed by atoms with Gasteiger partial charge in [0.2, 0.25) is 15.9 Å². The van der Waals surface area contributed by atoms with Crippen molar-refractivity contribution >= 4 is 33.4 Å². The lowest BCUT2D eigenvalue weighted by molar-refractivity contribution is -0.115. The summed E-state index contributed by atoms with van der Waals surface area (Å²) >= 11 is 1.45. The van der Waals surface area contributed by atoms with Gasteiger partial charge in [-0.15, -0.1) is 10.2 Å². The van der Waals surface area contributed by atoms with Gasteiger partial charge in [0, 0.05) is 32.0 Å². The van der Waals surface area contributed by atoms with Crippen molar-refractivity contribution in [3.63, 3.8) is 0 Å². The van der Waals surface area contributed by atoms with Crippen LogP contribution in [0.4, 0.5) is 5.69 Å². The summed E-state index contributed by atoms with van der Waals surface area (Å²) in [5, 5.41) is 11.6. The third-order valence-corrected chi connectivity index (χ3v) is 7.14. The van der Waals surface area contributed by atoms with E-state index in [1.54, 1.807) is 18.5 Å². The number of carbonyl (C=O) groups is 1. The van der Waals surface area contributed by atoms with E-state index in [4.69, 9.17) is 0 Å². The average molecular weight is 446 g/mol. The summed E-state index contributed by atoms with van der Waals surface area (Å²) in [6, 6.07) is 14.1. The molecule has 0 aliphatic carbocycles. The van der Waals surface area contributed by atoms with Crippen LogP contribution in [0.2, 0.25) is 0 Å². The molecule has 0 aliphatic rings. The van der Waals surface area contributed by atoms with E-state index in [1.807, 2.05) is 35.8 Å². The number of nitrogens with zero attached hydrogens (tertiary/aromatic N) is 4. The van der Waals surface area contributed by atoms with E-state index in [-0.39, 0.29) is 17.2 Å². The van der Waals surface area contributed by atoms with Gasteiger partial charge in [-0.2, -0.15) is 0 Å². The van der Waals surface area contributed by atoms with Crippen molar-refractivity contribution in [1.82, 2.24) is 19.1 Å². The van der Waals surface area contributed by atoms with E-state index in [1.165, 1.54) is 38.0 Å². The van der Waals surface area contributed by atoms with E-state index >= 15 is 0 Å². The maximum Gasteiger partial charge on any atom is 0.242 e. The number of hydrogen-bond donors (Lipinski definition) is 1. The van der Waals surface area contributed by atoms with Crippen molar-refractivity contribution < 1.29 is 13.2 Å². The van der Waals surface area contributed by atoms with Crippen LogP contribution in [0.1, 0.15) is 12.0 Å². The van der Waals surface area contributed by atoms with Crippen molar-refractivity contribution in [2.24, 2.45) is 0 Å². The number of benzene rings is 2. The van der Waals surface area contributed by atoms with E-state index in [2.05, 4.69) is 15.5 Å². The Kier molecular flexibility index (Phi) is 6.91. The average Bonchev–Trinajstić information content (AvgIpc) is 3.17. The number of carbonyl (C=O) groups excluding carboxylic acids is 1. The predicted octanol–water partition coefficient (Wildman–Crippen LogP) is 2.95. The predicted molar refractivity (Wildman–Crippen MR) is 117 cm³/mol. The van der Waals surface area contributed by atoms with Crippen LogP contribution in [-0.4, -0.2) is 53.2 Å². The van der Waals surface area contributed by atoms with Gasteiger partial charge in [-0.05, 0) is 42.8 Å². The van der Waals surface area contributed by atoms with Gasteiger partial charge in [0.15, 0.2) is 5.16 Å². The summed E-state index contributed by atoms with van der Waals surface area (Å²) < 4.78 is 27.2. The molecule has 0 fully saturated rings. The maximum absolute atomic E-state index is 12.2. The maximum atomic E-state index is 12.2. The normalized spacial score (nSPS) is 11.6. The minimum absolute atomic E-state index is 0.160. The lowest BCUT2D eigenvalue weighted by Gasteiger charge is -2.12. The van der Waals surface area contributed by atoms with Crippen LogP contribution in [0.5, 0.6) is 0 Å². The van der Waals surface area contributed by atoms with Crippen LogP contribution in [0.25, 0.3) is 5.69 Å². The molecule has 3 aromatic rings. The van der Waals surface area contributed by atoms with Crippen molar-refractivity contribution in [2.45, 2.75) is 23.4 Å². The van der Waals surface area contributed by atoms with Crippen LogP contribution < -0.4 is 5.32 Å². The number of aromatic nitrogens is 3. The fourth-order valence-electron chi connectivity index (χ4n) is 2.70. The molecule has 3 rings (SSSR count). The van der Waals surface area contributed by atoms with Gasteiger partial charge < -0.3 is 5.32 Å². The minimum atomic E-state index is -3.49. The lowest BCUT2D eigenvalue weighted by Crippen LogP contribution is -2.22. The van der Waals surface area contributed by atoms with E-state index in [9.17, 15) is 13.2 Å². The fourth-order valence-corrected chi connectivity index (χ4v) is 4.46. The molecule has 30 heavy (non-hydrogen) atoms. The Morgan fingerprint density at radius 3 is 2.50 bits per heavy atom. The molecule has 0 unspecified atom stereocenters. The van der Waals surface area contributed by atoms with Crippen LogP contribution >= 0.6 is 11.8 Å². The number of aryl methyl sites for hydroxylation is 1. The number of amides is 1. The van der Waals surface area contributed by atoms with E-state index in [0.29, 0.717) is 11.4 Å². The minimum Gasteiger partial charge on any atom is -0.326 e. The van der Waals surface area contributed by atoms with Crippen LogP contribution in [-0.2, 0) is 14.8 Å². The Morgan fingerprint density at radius 1 is 1.13 bits per heavy atom. The van der Waals surface area contributed by atoms with Crippen LogP contribution in [0.3, 0.4) is 0 Å². The molecule has 0 saturated heterocycles. The molecule has 1 aromatic heterocycles. The van der Waals surface area contributed by atoms with Crippen molar-refractivity contribution in [3.8, 4) is 5.69 Å². The number of para-hydroxylation sites is 1. The van der Waals surface area contributed by atoms with Gasteiger partial charge in [-0.1, -0.05) is 30.0 Å². The number of sulfonamides is 1. The molecule has 0 bridgehead atoms. The number of nitrogens with one attached hydrogen (secondary N) is 1. The highest BCUT2D eigenvalue weighted by Gasteiger charge is 2.17. The molecule has 0 saturated carbocycles. The number of anilines is 1. The summed E-state index contributed by atoms with van der Waals surface area (Å²) in [6.07, 6.45) is 1.94. The largest absolute Gasteiger partial charge is 0.326 e. The van der Waals surface area contributed by atoms with Crippen molar-refractivity contribution in [1.29, 1.82) is 0 Å². The lowest BCUT2D eigenvalue weighted by atomic mass is 10.2. The zero-order valence-corrected chi connectivity index (χ0v) is 18.6. The Bertz CT molecular complexity index is 1130. The molecule has 1 heterocycles. The second-order valence-corrected chi connectivity index (χ2v) is 9.94. The zero-order valence-electron chi connectivity index (χ0n) is 16.9. The molecule has 0 atom stereocenters. The summed E-state index contributed by atoms with van der Waals surface area (Å²) in [6.45, 7) is 2.02. The first-order valence-electron chi connectivity index (χ1n) is 9.20. The monoisotopic (exact) mass is 445 g/mol. The Balaban J connectivity index is 1.55. The van der Waals surface area contributed by atoms with E-state index < -0.39 is 10.0 Å². The van der Waals surface area contributed by atoms with Crippen molar-refractivity contribution in [3.05, 3.63) is 60.4 Å². The van der Waals surface area contributed by atoms with Gasteiger partial charge in [0.25, 0.3) is 0 Å². The van der Waals surface area contributed by atoms with Gasteiger partial charge in [-0.25, -0.2) is 12.7 Å². The molecule has 10 heteroatoms. The molecule has 0 spiro atoms. The Hall–Kier alpha value is -2.69. The smallest absolute Gasteiger partial charge is 0.242 e. The molecule has 0 radical (unpaired) electrons. The summed E-state index contributed by atoms with van der Waals surface area (Å²) in [5.41, 5.74) is 2.66. The highest BCUT2D eigenvalue weighted by Crippen LogP contribution is 2.22. The topological polar surface area (TPSA) is 97.2 Å². The first-order chi connectivity index (χ1) is 14.3. The quantitative estimate of drug-likeness (QED) is 0.536. The summed E-state index contributed by atoms with van der Waals surface area (Å²) in [4.78, 5) is 12.4. The number of hydrogen-bond acceptors (Lipinski definition) is 6. The first-order valence-corrected chi connectivity index (χ1v) is 11.6. The highest BCUT2D eigenvalue weighted by molar-refractivity contribution is 7.99. The zero-order chi connectivity index (χ0) is 21.7. The molecular formula is C20H23N5O3S2. The molecule has 158 valence electrons. The van der Waals surface area contributed by atoms with Crippen LogP contribution in [0.15, 0.2) is 64.9 Å². The fraction of sp³-hybridized carbons (Fsp3) is 0.250. The third-order valence-electron chi connectivity index (χ3n) is 4.37. The van der Waals surface area contributed by atoms with Gasteiger partial charge in [-0.3, -0.25) is 9.36 Å². The molecule has 2 aromatic carbocycles. The SMILES string of the molecule is Cc1ccccc1-n1cnnc1SCCC(=O)Nc1ccc(S(=O)(=O)N(C)C)cc1. The second-order valence-electron chi connectivity index (χ2n) is 6.73. The number of thioether (sulfide) groups is 1. The summed E-state index contributed by atoms with van der Waals surface area (Å²) in [7, 11) is -0.540. The second kappa shape index (κ2) is 9.41. The van der Waals surface area contributed by atoms with E-state index in [0.717, 1.165) is 20.7 Å². The molecular weight excluding hydrogens is 422 g/mol. The molecule has 1 amide bonds. The Morgan fingerprint density at radius 2 is 1.83 bits per heavy atom. The molecule has 0 aliphatic heterocycles. The van der Waals surface area contributed by atoms with Gasteiger partial charge in [0.1, 0.15) is 6.33 Å². The van der Waals surface area contributed by atoms with Crippen LogP contribution in [0, 0.1) is 6.92 Å². The van der Waals surface area contributed by atoms with Gasteiger partial charge >= 0.3 is 0 Å². The summed E-state index contributed by atoms with van der Waals surface area (Å²) in [5.74, 6) is 0.372. The number of rotatable bonds is 8. The first kappa shape index (κ1) is 22.0. The van der Waals surface area contributed by atoms with Gasteiger partial charge in [0.05, 0.1) is 10.6 Å². The molecule has 8 nitrogen and oxygen atoms in total. The van der Waals surface area contributed by atoms with Crippen molar-refractivity contribution in [2.75, 3.05) is 25.2 Å². The molecule has 1 N–H and O–H groups in total. The third kappa shape index (κ3) is 5.07. The standard InChI is InChI=1S/C20H23N5O3S2/c1-15-6-4-5-7-18(15)25-14-21-23-20(25)29-13-12-19(26)22-16-8-10-17(11-9-16)30(27,28)24(2)3/h4-11,14H,12-13H2,1-3H3,(H,22,26). The highest BCUT2D eigenvalue weighted by atomic mass is 32.2. The Labute approximate surface area is 180 Å².